The van der Waals surface area contributed by atoms with Gasteiger partial charge in [0.25, 0.3) is 0 Å². The zero-order valence-corrected chi connectivity index (χ0v) is 14.4. The molecule has 1 aliphatic rings. The third kappa shape index (κ3) is 4.92. The molecular formula is C21H24N2O2. The van der Waals surface area contributed by atoms with E-state index in [9.17, 15) is 9.59 Å². The van der Waals surface area contributed by atoms with E-state index in [1.807, 2.05) is 65.6 Å². The number of likely N-dealkylation sites (tertiary alicyclic amines) is 1. The van der Waals surface area contributed by atoms with Crippen LogP contribution < -0.4 is 0 Å². The zero-order valence-electron chi connectivity index (χ0n) is 14.4. The van der Waals surface area contributed by atoms with Crippen LogP contribution in [-0.2, 0) is 22.7 Å². The molecule has 0 atom stereocenters. The van der Waals surface area contributed by atoms with Gasteiger partial charge in [0.1, 0.15) is 0 Å². The lowest BCUT2D eigenvalue weighted by Gasteiger charge is -2.24. The van der Waals surface area contributed by atoms with E-state index >= 15 is 0 Å². The predicted octanol–water partition coefficient (Wildman–Crippen LogP) is 3.23. The third-order valence-corrected chi connectivity index (χ3v) is 4.55. The number of carbonyl (C=O) groups excluding carboxylic acids is 2. The van der Waals surface area contributed by atoms with Crippen molar-refractivity contribution in [3.05, 3.63) is 71.8 Å². The van der Waals surface area contributed by atoms with Crippen LogP contribution in [0.1, 0.15) is 30.4 Å². The maximum absolute atomic E-state index is 12.8. The molecule has 0 radical (unpaired) electrons. The molecule has 0 saturated carbocycles. The molecule has 1 heterocycles. The second-order valence-electron chi connectivity index (χ2n) is 6.46. The maximum Gasteiger partial charge on any atom is 0.224 e. The van der Waals surface area contributed by atoms with Crippen LogP contribution in [0.2, 0.25) is 0 Å². The summed E-state index contributed by atoms with van der Waals surface area (Å²) in [5, 5.41) is 0. The molecule has 0 aromatic heterocycles. The van der Waals surface area contributed by atoms with Crippen LogP contribution in [0.5, 0.6) is 0 Å². The first-order chi connectivity index (χ1) is 12.2. The lowest BCUT2D eigenvalue weighted by atomic mass is 10.1. The molecule has 25 heavy (non-hydrogen) atoms. The Labute approximate surface area is 149 Å². The molecule has 130 valence electrons. The van der Waals surface area contributed by atoms with Crippen LogP contribution in [0.15, 0.2) is 60.7 Å². The van der Waals surface area contributed by atoms with Gasteiger partial charge in [0.15, 0.2) is 0 Å². The van der Waals surface area contributed by atoms with E-state index in [4.69, 9.17) is 0 Å². The highest BCUT2D eigenvalue weighted by Crippen LogP contribution is 2.14. The van der Waals surface area contributed by atoms with E-state index in [1.165, 1.54) is 0 Å². The summed E-state index contributed by atoms with van der Waals surface area (Å²) in [4.78, 5) is 28.2. The van der Waals surface area contributed by atoms with E-state index in [0.29, 0.717) is 32.5 Å². The van der Waals surface area contributed by atoms with Gasteiger partial charge in [-0.3, -0.25) is 9.59 Å². The molecule has 3 rings (SSSR count). The van der Waals surface area contributed by atoms with Gasteiger partial charge in [-0.25, -0.2) is 0 Å². The van der Waals surface area contributed by atoms with Crippen molar-refractivity contribution in [3.8, 4) is 0 Å². The molecule has 4 nitrogen and oxygen atoms in total. The molecule has 1 saturated heterocycles. The molecule has 0 bridgehead atoms. The fourth-order valence-corrected chi connectivity index (χ4v) is 3.17. The van der Waals surface area contributed by atoms with Crippen LogP contribution in [0.25, 0.3) is 0 Å². The normalized spacial score (nSPS) is 13.9. The Balaban J connectivity index is 1.66. The van der Waals surface area contributed by atoms with Crippen molar-refractivity contribution in [3.63, 3.8) is 0 Å². The van der Waals surface area contributed by atoms with Crippen LogP contribution >= 0.6 is 0 Å². The first-order valence-electron chi connectivity index (χ1n) is 8.86. The number of carbonyl (C=O) groups is 2. The van der Waals surface area contributed by atoms with Gasteiger partial charge < -0.3 is 9.80 Å². The Morgan fingerprint density at radius 3 is 1.96 bits per heavy atom. The smallest absolute Gasteiger partial charge is 0.224 e. The van der Waals surface area contributed by atoms with Crippen molar-refractivity contribution in [1.29, 1.82) is 0 Å². The monoisotopic (exact) mass is 336 g/mol. The maximum atomic E-state index is 12.8. The van der Waals surface area contributed by atoms with Gasteiger partial charge in [-0.1, -0.05) is 60.7 Å². The fourth-order valence-electron chi connectivity index (χ4n) is 3.17. The second-order valence-corrected chi connectivity index (χ2v) is 6.46. The van der Waals surface area contributed by atoms with Crippen molar-refractivity contribution in [2.75, 3.05) is 13.1 Å². The minimum Gasteiger partial charge on any atom is -0.342 e. The van der Waals surface area contributed by atoms with Crippen LogP contribution in [-0.4, -0.2) is 34.7 Å². The van der Waals surface area contributed by atoms with Gasteiger partial charge in [0.05, 0.1) is 0 Å². The van der Waals surface area contributed by atoms with Gasteiger partial charge >= 0.3 is 0 Å². The molecule has 2 amide bonds. The van der Waals surface area contributed by atoms with Crippen molar-refractivity contribution in [1.82, 2.24) is 9.80 Å². The topological polar surface area (TPSA) is 40.6 Å². The van der Waals surface area contributed by atoms with E-state index < -0.39 is 0 Å². The number of rotatable bonds is 7. The fraction of sp³-hybridized carbons (Fsp3) is 0.333. The molecule has 2 aromatic carbocycles. The largest absolute Gasteiger partial charge is 0.342 e. The van der Waals surface area contributed by atoms with Crippen molar-refractivity contribution < 1.29 is 9.59 Å². The quantitative estimate of drug-likeness (QED) is 0.779. The van der Waals surface area contributed by atoms with Crippen LogP contribution in [0.4, 0.5) is 0 Å². The molecule has 0 spiro atoms. The highest BCUT2D eigenvalue weighted by molar-refractivity contribution is 5.80. The van der Waals surface area contributed by atoms with Crippen molar-refractivity contribution >= 4 is 11.8 Å². The van der Waals surface area contributed by atoms with Gasteiger partial charge in [0, 0.05) is 39.0 Å². The summed E-state index contributed by atoms with van der Waals surface area (Å²) < 4.78 is 0. The average molecular weight is 336 g/mol. The van der Waals surface area contributed by atoms with E-state index in [1.54, 1.807) is 4.90 Å². The Morgan fingerprint density at radius 1 is 0.920 bits per heavy atom. The van der Waals surface area contributed by atoms with Crippen molar-refractivity contribution in [2.45, 2.75) is 32.4 Å². The van der Waals surface area contributed by atoms with Crippen molar-refractivity contribution in [2.24, 2.45) is 0 Å². The van der Waals surface area contributed by atoms with Gasteiger partial charge in [-0.15, -0.1) is 0 Å². The minimum absolute atomic E-state index is 0.0902. The summed E-state index contributed by atoms with van der Waals surface area (Å²) in [5.41, 5.74) is 2.23. The lowest BCUT2D eigenvalue weighted by molar-refractivity contribution is -0.134. The molecule has 4 heteroatoms. The average Bonchev–Trinajstić information content (AvgIpc) is 3.06. The molecule has 1 aliphatic heterocycles. The number of benzene rings is 2. The van der Waals surface area contributed by atoms with Crippen LogP contribution in [0, 0.1) is 0 Å². The predicted molar refractivity (Wildman–Crippen MR) is 97.6 cm³/mol. The number of nitrogens with zero attached hydrogens (tertiary/aromatic N) is 2. The Morgan fingerprint density at radius 2 is 1.48 bits per heavy atom. The highest BCUT2D eigenvalue weighted by atomic mass is 16.2. The Bertz CT molecular complexity index is 659. The summed E-state index contributed by atoms with van der Waals surface area (Å²) in [6.07, 6.45) is 1.90. The molecule has 2 aromatic rings. The molecule has 0 N–H and O–H groups in total. The van der Waals surface area contributed by atoms with E-state index in [2.05, 4.69) is 0 Å². The number of hydrogen-bond donors (Lipinski definition) is 0. The van der Waals surface area contributed by atoms with E-state index in [-0.39, 0.29) is 11.8 Å². The first kappa shape index (κ1) is 17.2. The summed E-state index contributed by atoms with van der Waals surface area (Å²) in [5.74, 6) is 0.262. The lowest BCUT2D eigenvalue weighted by Crippen LogP contribution is -2.34. The zero-order chi connectivity index (χ0) is 17.5. The second kappa shape index (κ2) is 8.47. The van der Waals surface area contributed by atoms with Gasteiger partial charge in [-0.05, 0) is 17.5 Å². The molecule has 0 aliphatic carbocycles. The summed E-state index contributed by atoms with van der Waals surface area (Å²) in [6, 6.07) is 20.1. The third-order valence-electron chi connectivity index (χ3n) is 4.55. The number of amides is 2. The highest BCUT2D eigenvalue weighted by Gasteiger charge is 2.22. The van der Waals surface area contributed by atoms with E-state index in [0.717, 1.165) is 24.1 Å². The Kier molecular flexibility index (Phi) is 5.83. The number of hydrogen-bond acceptors (Lipinski definition) is 2. The summed E-state index contributed by atoms with van der Waals surface area (Å²) in [6.45, 7) is 2.48. The van der Waals surface area contributed by atoms with Gasteiger partial charge in [-0.2, -0.15) is 0 Å². The molecule has 0 unspecified atom stereocenters. The SMILES string of the molecule is O=C1CCCN1CCC(=O)N(Cc1ccccc1)Cc1ccccc1. The molecule has 1 fully saturated rings. The molecular weight excluding hydrogens is 312 g/mol. The summed E-state index contributed by atoms with van der Waals surface area (Å²) >= 11 is 0. The first-order valence-corrected chi connectivity index (χ1v) is 8.86. The standard InChI is InChI=1S/C21H24N2O2/c24-20-12-7-14-22(20)15-13-21(25)23(16-18-8-3-1-4-9-18)17-19-10-5-2-6-11-19/h1-6,8-11H,7,12-17H2. The van der Waals surface area contributed by atoms with Gasteiger partial charge in [0.2, 0.25) is 11.8 Å². The summed E-state index contributed by atoms with van der Waals surface area (Å²) in [7, 11) is 0. The Hall–Kier alpha value is -2.62. The minimum atomic E-state index is 0.0902. The van der Waals surface area contributed by atoms with Crippen LogP contribution in [0.3, 0.4) is 0 Å².